The second-order valence-electron chi connectivity index (χ2n) is 10.3. The number of nitrogens with one attached hydrogen (secondary N) is 2. The van der Waals surface area contributed by atoms with E-state index >= 15 is 0 Å². The quantitative estimate of drug-likeness (QED) is 0.390. The van der Waals surface area contributed by atoms with E-state index in [1.54, 1.807) is 0 Å². The number of morpholine rings is 1. The molecule has 0 unspecified atom stereocenters. The van der Waals surface area contributed by atoms with Crippen molar-refractivity contribution in [1.29, 1.82) is 0 Å². The molecule has 35 heavy (non-hydrogen) atoms. The summed E-state index contributed by atoms with van der Waals surface area (Å²) in [6, 6.07) is 10.6. The maximum absolute atomic E-state index is 11.2. The predicted molar refractivity (Wildman–Crippen MR) is 144 cm³/mol. The smallest absolute Gasteiger partial charge is 0.170 e. The van der Waals surface area contributed by atoms with Gasteiger partial charge in [-0.2, -0.15) is 10.6 Å². The third-order valence-corrected chi connectivity index (χ3v) is 10.8. The fourth-order valence-corrected chi connectivity index (χ4v) is 7.67. The minimum atomic E-state index is -2.76. The Morgan fingerprint density at radius 2 is 1.89 bits per heavy atom. The summed E-state index contributed by atoms with van der Waals surface area (Å²) in [6.07, 6.45) is 5.64. The fourth-order valence-electron chi connectivity index (χ4n) is 4.83. The lowest BCUT2D eigenvalue weighted by atomic mass is 10.1. The first-order valence-electron chi connectivity index (χ1n) is 12.5. The zero-order chi connectivity index (χ0) is 24.2. The van der Waals surface area contributed by atoms with Crippen LogP contribution in [0.1, 0.15) is 51.1 Å². The van der Waals surface area contributed by atoms with Crippen molar-refractivity contribution in [3.8, 4) is 11.4 Å². The molecule has 1 saturated heterocycles. The molecule has 1 aliphatic heterocycles. The Morgan fingerprint density at radius 1 is 1.14 bits per heavy atom. The molecular weight excluding hydrogens is 482 g/mol. The van der Waals surface area contributed by atoms with Crippen molar-refractivity contribution in [2.24, 2.45) is 0 Å². The molecule has 0 radical (unpaired) electrons. The molecule has 6 rings (SSSR count). The Hall–Kier alpha value is -1.98. The molecule has 188 valence electrons. The van der Waals surface area contributed by atoms with Crippen LogP contribution in [0.5, 0.6) is 0 Å². The van der Waals surface area contributed by atoms with Crippen molar-refractivity contribution < 1.29 is 13.8 Å². The van der Waals surface area contributed by atoms with Crippen molar-refractivity contribution in [3.05, 3.63) is 36.0 Å². The van der Waals surface area contributed by atoms with E-state index in [2.05, 4.69) is 22.5 Å². The molecule has 8 nitrogen and oxygen atoms in total. The van der Waals surface area contributed by atoms with Crippen LogP contribution in [0.15, 0.2) is 30.3 Å². The van der Waals surface area contributed by atoms with Gasteiger partial charge >= 0.3 is 0 Å². The lowest BCUT2D eigenvalue weighted by Crippen LogP contribution is -2.44. The van der Waals surface area contributed by atoms with Crippen LogP contribution in [0.3, 0.4) is 0 Å². The molecule has 0 spiro atoms. The lowest BCUT2D eigenvalue weighted by Gasteiger charge is -2.41. The van der Waals surface area contributed by atoms with Gasteiger partial charge in [-0.15, -0.1) is 0 Å². The summed E-state index contributed by atoms with van der Waals surface area (Å²) in [5, 5.41) is 7.18. The largest absolute Gasteiger partial charge is 0.377 e. The SMILES string of the molecule is C[C@H]1COCCN1c1cc(C2(S(O)(O)C3CC3)CC2)nc(-c2ccc(NC(=S)NC3CC3)cc2)n1. The number of hydrogen-bond acceptors (Lipinski definition) is 7. The summed E-state index contributed by atoms with van der Waals surface area (Å²) < 4.78 is 27.4. The van der Waals surface area contributed by atoms with Gasteiger partial charge < -0.3 is 20.3 Å². The van der Waals surface area contributed by atoms with E-state index in [1.165, 1.54) is 12.8 Å². The Labute approximate surface area is 213 Å². The highest BCUT2D eigenvalue weighted by atomic mass is 32.3. The Bertz CT molecular complexity index is 1120. The van der Waals surface area contributed by atoms with E-state index < -0.39 is 15.3 Å². The number of nitrogens with zero attached hydrogens (tertiary/aromatic N) is 3. The number of thiocarbonyl (C=S) groups is 1. The molecule has 0 amide bonds. The molecule has 4 N–H and O–H groups in total. The Balaban J connectivity index is 1.33. The Morgan fingerprint density at radius 3 is 2.51 bits per heavy atom. The van der Waals surface area contributed by atoms with Crippen molar-refractivity contribution in [2.75, 3.05) is 30.0 Å². The summed E-state index contributed by atoms with van der Waals surface area (Å²) in [7, 11) is -2.76. The molecule has 2 heterocycles. The monoisotopic (exact) mass is 515 g/mol. The van der Waals surface area contributed by atoms with Crippen LogP contribution in [0, 0.1) is 0 Å². The highest BCUT2D eigenvalue weighted by Gasteiger charge is 2.61. The van der Waals surface area contributed by atoms with Gasteiger partial charge in [0.2, 0.25) is 0 Å². The van der Waals surface area contributed by atoms with E-state index in [0.717, 1.165) is 55.0 Å². The van der Waals surface area contributed by atoms with Crippen LogP contribution >= 0.6 is 22.8 Å². The van der Waals surface area contributed by atoms with Gasteiger partial charge in [-0.25, -0.2) is 9.97 Å². The van der Waals surface area contributed by atoms with E-state index in [0.29, 0.717) is 30.2 Å². The zero-order valence-corrected chi connectivity index (χ0v) is 21.6. The van der Waals surface area contributed by atoms with E-state index in [9.17, 15) is 9.11 Å². The number of ether oxygens (including phenoxy) is 1. The summed E-state index contributed by atoms with van der Waals surface area (Å²) in [6.45, 7) is 4.17. The topological polar surface area (TPSA) is 103 Å². The van der Waals surface area contributed by atoms with Gasteiger partial charge in [0, 0.05) is 35.2 Å². The summed E-state index contributed by atoms with van der Waals surface area (Å²) in [5.41, 5.74) is 2.56. The van der Waals surface area contributed by atoms with Crippen LogP contribution in [0.2, 0.25) is 0 Å². The van der Waals surface area contributed by atoms with Crippen molar-refractivity contribution in [3.63, 3.8) is 0 Å². The average Bonchev–Trinajstić information content (AvgIpc) is 3.70. The third kappa shape index (κ3) is 4.62. The number of rotatable bonds is 7. The molecule has 3 saturated carbocycles. The highest BCUT2D eigenvalue weighted by molar-refractivity contribution is 8.26. The van der Waals surface area contributed by atoms with Gasteiger partial charge in [0.15, 0.2) is 10.9 Å². The van der Waals surface area contributed by atoms with Gasteiger partial charge in [0.05, 0.1) is 24.9 Å². The summed E-state index contributed by atoms with van der Waals surface area (Å²) >= 11 is 5.40. The van der Waals surface area contributed by atoms with Gasteiger partial charge in [-0.05, 0) is 81.9 Å². The van der Waals surface area contributed by atoms with E-state index in [1.807, 2.05) is 30.3 Å². The first-order chi connectivity index (χ1) is 16.9. The van der Waals surface area contributed by atoms with Gasteiger partial charge in [-0.1, -0.05) is 0 Å². The molecule has 1 aromatic heterocycles. The fraction of sp³-hybridized carbons (Fsp3) is 0.560. The average molecular weight is 516 g/mol. The maximum atomic E-state index is 11.2. The molecule has 2 aromatic rings. The molecule has 0 bridgehead atoms. The third-order valence-electron chi connectivity index (χ3n) is 7.42. The summed E-state index contributed by atoms with van der Waals surface area (Å²) in [4.78, 5) is 12.1. The van der Waals surface area contributed by atoms with E-state index in [-0.39, 0.29) is 11.3 Å². The normalized spacial score (nSPS) is 24.1. The second kappa shape index (κ2) is 8.85. The maximum Gasteiger partial charge on any atom is 0.170 e. The molecular formula is C25H33N5O3S2. The first kappa shape index (κ1) is 23.4. The molecule has 4 aliphatic rings. The van der Waals surface area contributed by atoms with Crippen molar-refractivity contribution in [2.45, 2.75) is 67.5 Å². The van der Waals surface area contributed by atoms with Crippen LogP contribution in [0.25, 0.3) is 11.4 Å². The first-order valence-corrected chi connectivity index (χ1v) is 14.6. The molecule has 1 atom stereocenters. The standard InChI is InChI=1S/C25H33N5O3S2/c1-16-15-33-13-12-30(16)22-14-21(25(10-11-25)35(31,32)20-8-9-20)28-23(29-22)17-2-4-18(5-3-17)26-24(34)27-19-6-7-19/h2-5,14,16,19-20,31-32H,6-13,15H2,1H3,(H2,26,27,34)/t16-/m0/s1. The predicted octanol–water partition coefficient (Wildman–Crippen LogP) is 4.72. The number of aromatic nitrogens is 2. The molecule has 10 heteroatoms. The van der Waals surface area contributed by atoms with Crippen LogP contribution < -0.4 is 15.5 Å². The molecule has 3 aliphatic carbocycles. The Kier molecular flexibility index (Phi) is 5.92. The van der Waals surface area contributed by atoms with Crippen LogP contribution in [0.4, 0.5) is 11.5 Å². The van der Waals surface area contributed by atoms with Gasteiger partial charge in [-0.3, -0.25) is 9.11 Å². The van der Waals surface area contributed by atoms with Gasteiger partial charge in [0.1, 0.15) is 10.6 Å². The minimum absolute atomic E-state index is 0.00706. The van der Waals surface area contributed by atoms with Gasteiger partial charge in [0.25, 0.3) is 0 Å². The second-order valence-corrected chi connectivity index (χ2v) is 13.3. The lowest BCUT2D eigenvalue weighted by molar-refractivity contribution is 0.0985. The van der Waals surface area contributed by atoms with Crippen LogP contribution in [-0.4, -0.2) is 61.3 Å². The summed E-state index contributed by atoms with van der Waals surface area (Å²) in [5.74, 6) is 1.44. The number of hydrogen-bond donors (Lipinski definition) is 4. The molecule has 1 aromatic carbocycles. The number of benzene rings is 1. The minimum Gasteiger partial charge on any atom is -0.377 e. The molecule has 4 fully saturated rings. The highest BCUT2D eigenvalue weighted by Crippen LogP contribution is 2.77. The van der Waals surface area contributed by atoms with Crippen LogP contribution in [-0.2, 0) is 9.48 Å². The number of anilines is 2. The van der Waals surface area contributed by atoms with Crippen molar-refractivity contribution >= 4 is 39.4 Å². The van der Waals surface area contributed by atoms with Crippen molar-refractivity contribution in [1.82, 2.24) is 15.3 Å². The zero-order valence-electron chi connectivity index (χ0n) is 19.9. The van der Waals surface area contributed by atoms with E-state index in [4.69, 9.17) is 26.9 Å².